The van der Waals surface area contributed by atoms with Gasteiger partial charge in [0, 0.05) is 24.1 Å². The van der Waals surface area contributed by atoms with E-state index in [2.05, 4.69) is 10.3 Å². The highest BCUT2D eigenvalue weighted by Crippen LogP contribution is 2.19. The van der Waals surface area contributed by atoms with Crippen LogP contribution in [-0.4, -0.2) is 28.5 Å². The summed E-state index contributed by atoms with van der Waals surface area (Å²) in [5, 5.41) is 2.93. The van der Waals surface area contributed by atoms with E-state index < -0.39 is 0 Å². The molecule has 1 atom stereocenters. The van der Waals surface area contributed by atoms with Crippen molar-refractivity contribution in [3.63, 3.8) is 0 Å². The van der Waals surface area contributed by atoms with Gasteiger partial charge in [-0.25, -0.2) is 4.98 Å². The Morgan fingerprint density at radius 3 is 2.81 bits per heavy atom. The number of aryl methyl sites for hydroxylation is 1. The first-order chi connectivity index (χ1) is 10.0. The summed E-state index contributed by atoms with van der Waals surface area (Å²) in [4.78, 5) is 16.6. The molecule has 5 heteroatoms. The number of hydrogen-bond acceptors (Lipinski definition) is 3. The normalized spacial score (nSPS) is 12.2. The lowest BCUT2D eigenvalue weighted by Gasteiger charge is -2.11. The number of hydrogen-bond donors (Lipinski definition) is 2. The highest BCUT2D eigenvalue weighted by molar-refractivity contribution is 5.95. The molecule has 0 saturated heterocycles. The Kier molecular flexibility index (Phi) is 4.75. The van der Waals surface area contributed by atoms with Crippen LogP contribution in [0.25, 0.3) is 5.82 Å². The number of nitrogens with one attached hydrogen (secondary N) is 1. The fourth-order valence-electron chi connectivity index (χ4n) is 2.28. The summed E-state index contributed by atoms with van der Waals surface area (Å²) in [6.07, 6.45) is 1.75. The van der Waals surface area contributed by atoms with Crippen LogP contribution in [0.1, 0.15) is 28.7 Å². The smallest absolute Gasteiger partial charge is 0.253 e. The van der Waals surface area contributed by atoms with E-state index in [0.29, 0.717) is 18.7 Å². The lowest BCUT2D eigenvalue weighted by atomic mass is 10.1. The van der Waals surface area contributed by atoms with Gasteiger partial charge >= 0.3 is 0 Å². The van der Waals surface area contributed by atoms with E-state index in [-0.39, 0.29) is 11.8 Å². The molecule has 2 aromatic rings. The quantitative estimate of drug-likeness (QED) is 0.880. The Hall–Kier alpha value is -2.14. The van der Waals surface area contributed by atoms with E-state index in [0.717, 1.165) is 17.2 Å². The zero-order chi connectivity index (χ0) is 15.4. The van der Waals surface area contributed by atoms with Crippen LogP contribution in [0.2, 0.25) is 0 Å². The van der Waals surface area contributed by atoms with Crippen molar-refractivity contribution in [2.45, 2.75) is 20.8 Å². The molecule has 0 spiro atoms. The molecule has 0 saturated carbocycles. The van der Waals surface area contributed by atoms with Crippen LogP contribution in [0.15, 0.2) is 30.5 Å². The number of pyridine rings is 1. The van der Waals surface area contributed by atoms with Gasteiger partial charge in [-0.15, -0.1) is 0 Å². The van der Waals surface area contributed by atoms with Gasteiger partial charge in [0.05, 0.1) is 5.56 Å². The third kappa shape index (κ3) is 3.31. The maximum atomic E-state index is 12.3. The summed E-state index contributed by atoms with van der Waals surface area (Å²) >= 11 is 0. The van der Waals surface area contributed by atoms with Crippen LogP contribution in [0, 0.1) is 19.8 Å². The molecule has 0 fully saturated rings. The number of nitrogens with zero attached hydrogens (tertiary/aromatic N) is 2. The van der Waals surface area contributed by atoms with Crippen molar-refractivity contribution in [2.75, 3.05) is 13.1 Å². The van der Waals surface area contributed by atoms with Crippen LogP contribution >= 0.6 is 0 Å². The molecule has 1 amide bonds. The van der Waals surface area contributed by atoms with Crippen molar-refractivity contribution in [3.05, 3.63) is 47.4 Å². The zero-order valence-electron chi connectivity index (χ0n) is 12.8. The number of carbonyl (C=O) groups is 1. The van der Waals surface area contributed by atoms with Gasteiger partial charge in [-0.3, -0.25) is 4.79 Å². The SMILES string of the molecule is Cc1cc(C(=O)NCC(C)CN)c(C)n1-c1ccccn1. The summed E-state index contributed by atoms with van der Waals surface area (Å²) in [6.45, 7) is 7.07. The van der Waals surface area contributed by atoms with Crippen LogP contribution in [0.3, 0.4) is 0 Å². The standard InChI is InChI=1S/C16H22N4O/c1-11(9-17)10-19-16(21)14-8-12(2)20(13(14)3)15-6-4-5-7-18-15/h4-8,11H,9-10,17H2,1-3H3,(H,19,21). The molecule has 0 radical (unpaired) electrons. The molecule has 3 N–H and O–H groups in total. The third-order valence-corrected chi connectivity index (χ3v) is 3.57. The third-order valence-electron chi connectivity index (χ3n) is 3.57. The van der Waals surface area contributed by atoms with Crippen LogP contribution < -0.4 is 11.1 Å². The van der Waals surface area contributed by atoms with Gasteiger partial charge in [0.25, 0.3) is 5.91 Å². The van der Waals surface area contributed by atoms with Gasteiger partial charge in [-0.2, -0.15) is 0 Å². The zero-order valence-corrected chi connectivity index (χ0v) is 12.8. The molecule has 2 heterocycles. The predicted molar refractivity (Wildman–Crippen MR) is 83.6 cm³/mol. The second-order valence-corrected chi connectivity index (χ2v) is 5.36. The molecule has 2 rings (SSSR count). The minimum absolute atomic E-state index is 0.0643. The van der Waals surface area contributed by atoms with Gasteiger partial charge in [-0.1, -0.05) is 13.0 Å². The number of amides is 1. The highest BCUT2D eigenvalue weighted by atomic mass is 16.1. The van der Waals surface area contributed by atoms with Crippen LogP contribution in [0.5, 0.6) is 0 Å². The minimum atomic E-state index is -0.0643. The Labute approximate surface area is 125 Å². The Morgan fingerprint density at radius 1 is 1.43 bits per heavy atom. The van der Waals surface area contributed by atoms with Gasteiger partial charge in [0.15, 0.2) is 0 Å². The van der Waals surface area contributed by atoms with Gasteiger partial charge in [0.2, 0.25) is 0 Å². The molecule has 2 aromatic heterocycles. The molecule has 1 unspecified atom stereocenters. The Balaban J connectivity index is 2.25. The minimum Gasteiger partial charge on any atom is -0.352 e. The van der Waals surface area contributed by atoms with Crippen molar-refractivity contribution in [1.82, 2.24) is 14.9 Å². The fraction of sp³-hybridized carbons (Fsp3) is 0.375. The van der Waals surface area contributed by atoms with Crippen molar-refractivity contribution in [2.24, 2.45) is 11.7 Å². The molecule has 0 aliphatic heterocycles. The van der Waals surface area contributed by atoms with Crippen molar-refractivity contribution in [1.29, 1.82) is 0 Å². The van der Waals surface area contributed by atoms with Crippen molar-refractivity contribution in [3.8, 4) is 5.82 Å². The second kappa shape index (κ2) is 6.54. The maximum absolute atomic E-state index is 12.3. The van der Waals surface area contributed by atoms with Gasteiger partial charge in [-0.05, 0) is 44.5 Å². The van der Waals surface area contributed by atoms with Crippen LogP contribution in [0.4, 0.5) is 0 Å². The summed E-state index contributed by atoms with van der Waals surface area (Å²) in [6, 6.07) is 7.63. The summed E-state index contributed by atoms with van der Waals surface area (Å²) < 4.78 is 1.99. The number of carbonyl (C=O) groups excluding carboxylic acids is 1. The molecule has 0 aromatic carbocycles. The average molecular weight is 286 g/mol. The van der Waals surface area contributed by atoms with E-state index >= 15 is 0 Å². The number of rotatable bonds is 5. The van der Waals surface area contributed by atoms with Crippen LogP contribution in [-0.2, 0) is 0 Å². The topological polar surface area (TPSA) is 72.9 Å². The maximum Gasteiger partial charge on any atom is 0.253 e. The molecule has 5 nitrogen and oxygen atoms in total. The largest absolute Gasteiger partial charge is 0.352 e. The molecule has 0 bridgehead atoms. The predicted octanol–water partition coefficient (Wildman–Crippen LogP) is 1.81. The number of aromatic nitrogens is 2. The van der Waals surface area contributed by atoms with E-state index in [1.54, 1.807) is 6.20 Å². The highest BCUT2D eigenvalue weighted by Gasteiger charge is 2.17. The first-order valence-electron chi connectivity index (χ1n) is 7.13. The molecule has 0 aliphatic rings. The number of nitrogens with two attached hydrogens (primary N) is 1. The summed E-state index contributed by atoms with van der Waals surface area (Å²) in [5.41, 5.74) is 8.13. The molecular weight excluding hydrogens is 264 g/mol. The lowest BCUT2D eigenvalue weighted by molar-refractivity contribution is 0.0948. The van der Waals surface area contributed by atoms with Gasteiger partial charge in [0.1, 0.15) is 5.82 Å². The summed E-state index contributed by atoms with van der Waals surface area (Å²) in [5.74, 6) is 1.03. The van der Waals surface area contributed by atoms with E-state index in [4.69, 9.17) is 5.73 Å². The molecule has 112 valence electrons. The van der Waals surface area contributed by atoms with E-state index in [9.17, 15) is 4.79 Å². The average Bonchev–Trinajstić information content (AvgIpc) is 2.80. The first-order valence-corrected chi connectivity index (χ1v) is 7.13. The lowest BCUT2D eigenvalue weighted by Crippen LogP contribution is -2.31. The van der Waals surface area contributed by atoms with Gasteiger partial charge < -0.3 is 15.6 Å². The van der Waals surface area contributed by atoms with Crippen molar-refractivity contribution < 1.29 is 4.79 Å². The fourth-order valence-corrected chi connectivity index (χ4v) is 2.28. The molecule has 0 aliphatic carbocycles. The summed E-state index contributed by atoms with van der Waals surface area (Å²) in [7, 11) is 0. The second-order valence-electron chi connectivity index (χ2n) is 5.36. The molecule has 21 heavy (non-hydrogen) atoms. The van der Waals surface area contributed by atoms with E-state index in [1.807, 2.05) is 49.6 Å². The van der Waals surface area contributed by atoms with Crippen molar-refractivity contribution >= 4 is 5.91 Å². The molecular formula is C16H22N4O. The Morgan fingerprint density at radius 2 is 2.19 bits per heavy atom. The first kappa shape index (κ1) is 15.3. The monoisotopic (exact) mass is 286 g/mol. The Bertz CT molecular complexity index is 619. The van der Waals surface area contributed by atoms with E-state index in [1.165, 1.54) is 0 Å².